The van der Waals surface area contributed by atoms with E-state index in [9.17, 15) is 24.8 Å². The van der Waals surface area contributed by atoms with Gasteiger partial charge in [-0.15, -0.1) is 0 Å². The molecule has 0 bridgehead atoms. The molecule has 1 fully saturated rings. The van der Waals surface area contributed by atoms with Crippen molar-refractivity contribution in [2.45, 2.75) is 96.3 Å². The Labute approximate surface area is 343 Å². The summed E-state index contributed by atoms with van der Waals surface area (Å²) in [5.41, 5.74) is 6.13. The van der Waals surface area contributed by atoms with Crippen molar-refractivity contribution in [3.8, 4) is 6.07 Å². The lowest BCUT2D eigenvalue weighted by molar-refractivity contribution is -0.146. The van der Waals surface area contributed by atoms with Gasteiger partial charge in [0, 0.05) is 34.9 Å². The summed E-state index contributed by atoms with van der Waals surface area (Å²) in [6.45, 7) is 11.1. The maximum absolute atomic E-state index is 14.4. The quantitative estimate of drug-likeness (QED) is 0.0514. The number of likely N-dealkylation sites (N-methyl/N-ethyl adjacent to an activating group) is 1. The summed E-state index contributed by atoms with van der Waals surface area (Å²) in [6.07, 6.45) is 1.58. The van der Waals surface area contributed by atoms with Gasteiger partial charge in [0.1, 0.15) is 42.3 Å². The number of anilines is 2. The van der Waals surface area contributed by atoms with E-state index in [2.05, 4.69) is 37.3 Å². The number of pyridine rings is 1. The normalized spacial score (nSPS) is 21.6. The monoisotopic (exact) mass is 843 g/mol. The number of nitrogens with two attached hydrogens (primary N) is 1. The predicted molar refractivity (Wildman–Crippen MR) is 220 cm³/mol. The second-order valence-electron chi connectivity index (χ2n) is 14.5. The summed E-state index contributed by atoms with van der Waals surface area (Å²) < 4.78 is 38.9. The first-order valence-corrected chi connectivity index (χ1v) is 21.6. The molecule has 1 unspecified atom stereocenters. The number of nitrogen functional groups attached to an aromatic ring is 1. The number of aliphatic hydroxyl groups excluding tert-OH is 2. The fraction of sp³-hybridized carbons (Fsp3) is 0.564. The Morgan fingerprint density at radius 1 is 1.16 bits per heavy atom. The lowest BCUT2D eigenvalue weighted by Gasteiger charge is -2.27. The van der Waals surface area contributed by atoms with E-state index in [0.717, 1.165) is 48.8 Å². The van der Waals surface area contributed by atoms with E-state index in [-0.39, 0.29) is 36.7 Å². The molecule has 1 saturated heterocycles. The number of nitrogens with one attached hydrogen (secondary N) is 2. The minimum atomic E-state index is -4.31. The van der Waals surface area contributed by atoms with Gasteiger partial charge in [0.15, 0.2) is 5.82 Å². The zero-order valence-electron chi connectivity index (χ0n) is 33.6. The van der Waals surface area contributed by atoms with Crippen LogP contribution in [0.3, 0.4) is 0 Å². The Morgan fingerprint density at radius 3 is 2.66 bits per heavy atom. The van der Waals surface area contributed by atoms with Crippen LogP contribution in [0.15, 0.2) is 48.9 Å². The number of aromatic nitrogens is 4. The van der Waals surface area contributed by atoms with E-state index in [4.69, 9.17) is 35.9 Å². The van der Waals surface area contributed by atoms with Crippen LogP contribution in [0, 0.1) is 17.2 Å². The Hall–Kier alpha value is -3.95. The van der Waals surface area contributed by atoms with Crippen LogP contribution >= 0.6 is 19.3 Å². The lowest BCUT2D eigenvalue weighted by atomic mass is 9.92. The minimum Gasteiger partial charge on any atom is -0.464 e. The van der Waals surface area contributed by atoms with E-state index in [1.807, 2.05) is 51.1 Å². The number of esters is 1. The Bertz CT molecular complexity index is 2080. The van der Waals surface area contributed by atoms with Crippen LogP contribution in [-0.2, 0) is 33.5 Å². The van der Waals surface area contributed by atoms with Crippen molar-refractivity contribution in [2.75, 3.05) is 50.5 Å². The van der Waals surface area contributed by atoms with Crippen LogP contribution in [0.25, 0.3) is 16.4 Å². The third-order valence-electron chi connectivity index (χ3n) is 10.6. The van der Waals surface area contributed by atoms with E-state index in [0.29, 0.717) is 23.6 Å². The average Bonchev–Trinajstić information content (AvgIpc) is 3.76. The predicted octanol–water partition coefficient (Wildman–Crippen LogP) is 5.05. The molecule has 316 valence electrons. The summed E-state index contributed by atoms with van der Waals surface area (Å²) in [4.78, 5) is 23.5. The molecule has 4 aromatic rings. The molecule has 1 aliphatic rings. The molecule has 17 nitrogen and oxygen atoms in total. The SMILES string of the molecule is CCC(CC)COC(=O)[C@H](C)N[P@](=O)(OCCN(CC)CCCC(C)Nc1ccnc2cc(Cl)ccc12)OC[C@H]1O[C@@](C#N)(c2ccc3c(N)ncnn23)[C@H](O)[C@@H]1O. The lowest BCUT2D eigenvalue weighted by Crippen LogP contribution is -2.41. The second-order valence-corrected chi connectivity index (χ2v) is 16.7. The number of hydrogen-bond acceptors (Lipinski definition) is 15. The Balaban J connectivity index is 1.21. The van der Waals surface area contributed by atoms with Crippen molar-refractivity contribution in [3.63, 3.8) is 0 Å². The highest BCUT2D eigenvalue weighted by molar-refractivity contribution is 7.51. The van der Waals surface area contributed by atoms with Crippen LogP contribution in [-0.4, -0.2) is 111 Å². The van der Waals surface area contributed by atoms with Crippen molar-refractivity contribution in [2.24, 2.45) is 5.92 Å². The van der Waals surface area contributed by atoms with Gasteiger partial charge in [-0.05, 0) is 82.1 Å². The highest BCUT2D eigenvalue weighted by atomic mass is 35.5. The van der Waals surface area contributed by atoms with Crippen molar-refractivity contribution in [1.29, 1.82) is 5.26 Å². The topological polar surface area (TPSA) is 232 Å². The van der Waals surface area contributed by atoms with Crippen molar-refractivity contribution >= 4 is 53.2 Å². The van der Waals surface area contributed by atoms with Gasteiger partial charge in [0.05, 0.1) is 31.0 Å². The largest absolute Gasteiger partial charge is 0.464 e. The molecule has 7 atom stereocenters. The molecule has 19 heteroatoms. The molecule has 58 heavy (non-hydrogen) atoms. The van der Waals surface area contributed by atoms with Crippen LogP contribution in [0.5, 0.6) is 0 Å². The molecule has 0 amide bonds. The third kappa shape index (κ3) is 10.6. The average molecular weight is 844 g/mol. The van der Waals surface area contributed by atoms with Crippen LogP contribution < -0.4 is 16.1 Å². The first kappa shape index (κ1) is 45.1. The van der Waals surface area contributed by atoms with Gasteiger partial charge >= 0.3 is 13.7 Å². The number of carbonyl (C=O) groups excluding carboxylic acids is 1. The van der Waals surface area contributed by atoms with Crippen molar-refractivity contribution in [1.82, 2.24) is 29.6 Å². The van der Waals surface area contributed by atoms with Crippen molar-refractivity contribution < 1.29 is 38.1 Å². The zero-order valence-corrected chi connectivity index (χ0v) is 35.2. The zero-order chi connectivity index (χ0) is 42.0. The van der Waals surface area contributed by atoms with Gasteiger partial charge in [-0.2, -0.15) is 10.4 Å². The van der Waals surface area contributed by atoms with Crippen LogP contribution in [0.4, 0.5) is 11.5 Å². The standard InChI is InChI=1S/C39H55ClN9O8P/c1-6-27(7-2)21-54-38(52)26(5)47-58(53,56-22-33-35(50)36(51)39(23-41,57-33)34-14-13-32-37(42)44-24-45-49(32)34)55-19-18-48(8-3)17-9-10-25(4)46-30-15-16-43-31-20-28(40)11-12-29(30)31/h11-16,20,24-27,33,35-36,50-51H,6-10,17-19,21-22H2,1-5H3,(H,43,46)(H,47,53)(H2,42,44,45)/t25?,26-,33+,35+,36+,39-,58-/m0/s1. The number of fused-ring (bicyclic) bond motifs is 2. The van der Waals surface area contributed by atoms with Crippen LogP contribution in [0.1, 0.15) is 66.0 Å². The third-order valence-corrected chi connectivity index (χ3v) is 12.5. The molecule has 1 aromatic carbocycles. The molecular weight excluding hydrogens is 789 g/mol. The number of carbonyl (C=O) groups is 1. The van der Waals surface area contributed by atoms with Crippen molar-refractivity contribution in [3.05, 3.63) is 59.6 Å². The van der Waals surface area contributed by atoms with Crippen LogP contribution in [0.2, 0.25) is 5.02 Å². The van der Waals surface area contributed by atoms with Gasteiger partial charge in [-0.3, -0.25) is 18.8 Å². The molecule has 0 aliphatic carbocycles. The number of benzene rings is 1. The Kier molecular flexibility index (Phi) is 15.8. The smallest absolute Gasteiger partial charge is 0.406 e. The highest BCUT2D eigenvalue weighted by Crippen LogP contribution is 2.47. The molecule has 0 spiro atoms. The number of rotatable bonds is 22. The molecule has 1 aliphatic heterocycles. The van der Waals surface area contributed by atoms with Gasteiger partial charge in [0.2, 0.25) is 5.60 Å². The number of halogens is 1. The van der Waals surface area contributed by atoms with E-state index < -0.39 is 50.3 Å². The molecule has 0 saturated carbocycles. The van der Waals surface area contributed by atoms with Gasteiger partial charge in [-0.25, -0.2) is 19.2 Å². The summed E-state index contributed by atoms with van der Waals surface area (Å²) in [7, 11) is -4.31. The summed E-state index contributed by atoms with van der Waals surface area (Å²) in [6, 6.07) is 11.7. The molecule has 6 N–H and O–H groups in total. The summed E-state index contributed by atoms with van der Waals surface area (Å²) >= 11 is 6.16. The number of ether oxygens (including phenoxy) is 2. The molecule has 3 aromatic heterocycles. The maximum Gasteiger partial charge on any atom is 0.406 e. The highest BCUT2D eigenvalue weighted by Gasteiger charge is 2.58. The molecular formula is C39H55ClN9O8P. The van der Waals surface area contributed by atoms with E-state index in [1.165, 1.54) is 23.8 Å². The number of aliphatic hydroxyl groups is 2. The first-order valence-electron chi connectivity index (χ1n) is 19.7. The summed E-state index contributed by atoms with van der Waals surface area (Å²) in [5, 5.41) is 44.7. The fourth-order valence-corrected chi connectivity index (χ4v) is 8.53. The fourth-order valence-electron chi connectivity index (χ4n) is 6.90. The minimum absolute atomic E-state index is 0.0386. The number of nitrogens with zero attached hydrogens (tertiary/aromatic N) is 6. The molecule has 5 rings (SSSR count). The van der Waals surface area contributed by atoms with Gasteiger partial charge in [-0.1, -0.05) is 45.2 Å². The second kappa shape index (κ2) is 20.3. The molecule has 0 radical (unpaired) electrons. The maximum atomic E-state index is 14.4. The first-order chi connectivity index (χ1) is 27.8. The van der Waals surface area contributed by atoms with Gasteiger partial charge < -0.3 is 35.6 Å². The Morgan fingerprint density at radius 2 is 1.93 bits per heavy atom. The van der Waals surface area contributed by atoms with Gasteiger partial charge in [0.25, 0.3) is 0 Å². The molecule has 4 heterocycles. The van der Waals surface area contributed by atoms with E-state index in [1.54, 1.807) is 12.3 Å². The number of nitriles is 1. The number of hydrogen-bond donors (Lipinski definition) is 5. The van der Waals surface area contributed by atoms with E-state index >= 15 is 0 Å². The summed E-state index contributed by atoms with van der Waals surface area (Å²) in [5.74, 6) is -0.329.